The summed E-state index contributed by atoms with van der Waals surface area (Å²) in [5, 5.41) is 55.6. The standard InChI is InChI=1S/C37H48N10O10/c1-19(2)28(43-31(49)25(38)18-39-35(53)30-44-46-47-45-30)33(51)42-27(14-21-11-7-4-8-12-21)32(50)41-26(13-20-9-5-3-6-10-20)29(48)34(52)40-24-16-22(36(54)55)15-23(17-24)37(56)57/h3,5-6,9-10,15-17,19,21,25-29,48H,4,7-8,11-14,18,38H2,1-2H3,(H,39,53)(H,40,52)(H,41,50)(H,42,51)(H,43,49)(H,54,55)(H,56,57)(H,44,45,46,47)/t25-,26-,27-,28-,29+/m0/s1. The lowest BCUT2D eigenvalue weighted by atomic mass is 9.84. The number of nitrogens with zero attached hydrogens (tertiary/aromatic N) is 3. The normalized spacial score (nSPS) is 15.6. The van der Waals surface area contributed by atoms with E-state index in [1.165, 1.54) is 0 Å². The Kier molecular flexibility index (Phi) is 15.7. The predicted molar refractivity (Wildman–Crippen MR) is 201 cm³/mol. The van der Waals surface area contributed by atoms with E-state index in [1.807, 2.05) is 0 Å². The number of aliphatic hydroxyl groups excluding tert-OH is 1. The van der Waals surface area contributed by atoms with Gasteiger partial charge in [0, 0.05) is 12.2 Å². The molecule has 11 N–H and O–H groups in total. The molecule has 5 amide bonds. The number of aromatic amines is 1. The van der Waals surface area contributed by atoms with E-state index in [-0.39, 0.29) is 36.8 Å². The van der Waals surface area contributed by atoms with Gasteiger partial charge in [-0.05, 0) is 58.9 Å². The number of hydrogen-bond acceptors (Lipinski definition) is 12. The third kappa shape index (κ3) is 12.9. The molecule has 2 aromatic carbocycles. The van der Waals surface area contributed by atoms with E-state index in [1.54, 1.807) is 44.2 Å². The topological polar surface area (TPSA) is 321 Å². The van der Waals surface area contributed by atoms with Crippen LogP contribution in [-0.4, -0.2) is 114 Å². The number of aromatic nitrogens is 4. The number of benzene rings is 2. The van der Waals surface area contributed by atoms with Gasteiger partial charge >= 0.3 is 11.9 Å². The summed E-state index contributed by atoms with van der Waals surface area (Å²) in [4.78, 5) is 90.0. The molecule has 0 bridgehead atoms. The summed E-state index contributed by atoms with van der Waals surface area (Å²) >= 11 is 0. The molecule has 1 aliphatic carbocycles. The van der Waals surface area contributed by atoms with Gasteiger partial charge in [0.25, 0.3) is 11.8 Å². The largest absolute Gasteiger partial charge is 0.478 e. The number of carbonyl (C=O) groups excluding carboxylic acids is 5. The molecule has 5 atom stereocenters. The van der Waals surface area contributed by atoms with Crippen molar-refractivity contribution in [1.29, 1.82) is 0 Å². The molecule has 20 nitrogen and oxygen atoms in total. The SMILES string of the molecule is CC(C)[C@H](NC(=O)[C@@H](N)CNC(=O)c1nnn[nH]1)C(=O)N[C@@H](CC1CCCCC1)C(=O)N[C@@H](Cc1ccccc1)[C@@H](O)C(=O)Nc1cc(C(=O)O)cc(C(=O)O)c1. The Morgan fingerprint density at radius 2 is 1.49 bits per heavy atom. The van der Waals surface area contributed by atoms with Gasteiger partial charge in [-0.2, -0.15) is 0 Å². The van der Waals surface area contributed by atoms with Gasteiger partial charge in [-0.15, -0.1) is 5.10 Å². The van der Waals surface area contributed by atoms with Crippen molar-refractivity contribution in [3.8, 4) is 0 Å². The highest BCUT2D eigenvalue weighted by atomic mass is 16.4. The average molecular weight is 793 g/mol. The number of aromatic carboxylic acids is 2. The first-order chi connectivity index (χ1) is 27.1. The Bertz CT molecular complexity index is 1850. The monoisotopic (exact) mass is 792 g/mol. The summed E-state index contributed by atoms with van der Waals surface area (Å²) in [6.45, 7) is 3.05. The number of H-pyrrole nitrogens is 1. The molecule has 4 rings (SSSR count). The number of amides is 5. The number of anilines is 1. The van der Waals surface area contributed by atoms with Crippen molar-refractivity contribution >= 4 is 47.2 Å². The molecule has 57 heavy (non-hydrogen) atoms. The predicted octanol–water partition coefficient (Wildman–Crippen LogP) is -0.0237. The van der Waals surface area contributed by atoms with E-state index in [4.69, 9.17) is 5.73 Å². The van der Waals surface area contributed by atoms with Crippen LogP contribution in [0.1, 0.15) is 89.3 Å². The molecular formula is C37H48N10O10. The molecule has 306 valence electrons. The highest BCUT2D eigenvalue weighted by molar-refractivity contribution is 6.00. The van der Waals surface area contributed by atoms with E-state index >= 15 is 0 Å². The molecule has 0 spiro atoms. The molecule has 0 saturated heterocycles. The van der Waals surface area contributed by atoms with Crippen molar-refractivity contribution in [2.75, 3.05) is 11.9 Å². The van der Waals surface area contributed by atoms with Gasteiger partial charge in [-0.25, -0.2) is 14.7 Å². The van der Waals surface area contributed by atoms with Crippen molar-refractivity contribution in [2.24, 2.45) is 17.6 Å². The van der Waals surface area contributed by atoms with E-state index in [2.05, 4.69) is 47.2 Å². The molecule has 0 aliphatic heterocycles. The number of aliphatic hydroxyl groups is 1. The first-order valence-electron chi connectivity index (χ1n) is 18.5. The molecule has 20 heteroatoms. The van der Waals surface area contributed by atoms with Crippen LogP contribution in [0.5, 0.6) is 0 Å². The smallest absolute Gasteiger partial charge is 0.335 e. The zero-order valence-corrected chi connectivity index (χ0v) is 31.4. The number of nitrogens with one attached hydrogen (secondary N) is 6. The van der Waals surface area contributed by atoms with E-state index in [0.717, 1.165) is 50.3 Å². The van der Waals surface area contributed by atoms with Gasteiger partial charge in [0.1, 0.15) is 18.1 Å². The Hall–Kier alpha value is -6.28. The molecule has 1 heterocycles. The Labute approximate surface area is 327 Å². The molecule has 3 aromatic rings. The lowest BCUT2D eigenvalue weighted by molar-refractivity contribution is -0.134. The molecule has 0 unspecified atom stereocenters. The zero-order chi connectivity index (χ0) is 41.6. The number of hydrogen-bond donors (Lipinski definition) is 10. The lowest BCUT2D eigenvalue weighted by Crippen LogP contribution is -2.60. The van der Waals surface area contributed by atoms with E-state index in [9.17, 15) is 48.9 Å². The second-order valence-corrected chi connectivity index (χ2v) is 14.2. The highest BCUT2D eigenvalue weighted by Crippen LogP contribution is 2.28. The van der Waals surface area contributed by atoms with Gasteiger partial charge in [0.15, 0.2) is 6.10 Å². The van der Waals surface area contributed by atoms with Gasteiger partial charge < -0.3 is 47.6 Å². The van der Waals surface area contributed by atoms with E-state index < -0.39 is 88.8 Å². The maximum atomic E-state index is 14.2. The van der Waals surface area contributed by atoms with Crippen LogP contribution in [0.25, 0.3) is 0 Å². The van der Waals surface area contributed by atoms with Crippen LogP contribution < -0.4 is 32.3 Å². The maximum absolute atomic E-state index is 14.2. The summed E-state index contributed by atoms with van der Waals surface area (Å²) in [6.07, 6.45) is 2.74. The molecule has 1 saturated carbocycles. The quantitative estimate of drug-likeness (QED) is 0.0763. The van der Waals surface area contributed by atoms with Crippen molar-refractivity contribution < 1.29 is 48.9 Å². The minimum atomic E-state index is -1.94. The summed E-state index contributed by atoms with van der Waals surface area (Å²) in [5.41, 5.74) is 5.60. The van der Waals surface area contributed by atoms with Crippen molar-refractivity contribution in [2.45, 2.75) is 89.1 Å². The van der Waals surface area contributed by atoms with Crippen molar-refractivity contribution in [3.63, 3.8) is 0 Å². The molecule has 1 aliphatic rings. The fourth-order valence-corrected chi connectivity index (χ4v) is 6.42. The highest BCUT2D eigenvalue weighted by Gasteiger charge is 2.35. The number of carbonyl (C=O) groups is 7. The van der Waals surface area contributed by atoms with Crippen LogP contribution in [0, 0.1) is 11.8 Å². The summed E-state index contributed by atoms with van der Waals surface area (Å²) in [7, 11) is 0. The Morgan fingerprint density at radius 3 is 2.07 bits per heavy atom. The molecule has 0 radical (unpaired) electrons. The fraction of sp³-hybridized carbons (Fsp3) is 0.459. The summed E-state index contributed by atoms with van der Waals surface area (Å²) < 4.78 is 0. The number of carboxylic acid groups (broad SMARTS) is 2. The second kappa shape index (κ2) is 20.6. The maximum Gasteiger partial charge on any atom is 0.335 e. The van der Waals surface area contributed by atoms with Crippen LogP contribution in [0.15, 0.2) is 48.5 Å². The van der Waals surface area contributed by atoms with Gasteiger partial charge in [0.05, 0.1) is 17.2 Å². The van der Waals surface area contributed by atoms with Gasteiger partial charge in [-0.3, -0.25) is 24.0 Å². The molecule has 1 aromatic heterocycles. The summed E-state index contributed by atoms with van der Waals surface area (Å²) in [6, 6.07) is 6.75. The fourth-order valence-electron chi connectivity index (χ4n) is 6.42. The third-order valence-electron chi connectivity index (χ3n) is 9.52. The lowest BCUT2D eigenvalue weighted by Gasteiger charge is -2.31. The summed E-state index contributed by atoms with van der Waals surface area (Å²) in [5.74, 6) is -7.42. The number of rotatable bonds is 19. The van der Waals surface area contributed by atoms with Crippen LogP contribution in [-0.2, 0) is 25.6 Å². The van der Waals surface area contributed by atoms with Crippen LogP contribution in [0.3, 0.4) is 0 Å². The molecule has 1 fully saturated rings. The first kappa shape index (κ1) is 43.4. The Morgan fingerprint density at radius 1 is 0.842 bits per heavy atom. The zero-order valence-electron chi connectivity index (χ0n) is 31.4. The van der Waals surface area contributed by atoms with Gasteiger partial charge in [0.2, 0.25) is 23.5 Å². The molecular weight excluding hydrogens is 744 g/mol. The van der Waals surface area contributed by atoms with Crippen molar-refractivity contribution in [3.05, 3.63) is 71.0 Å². The van der Waals surface area contributed by atoms with Crippen LogP contribution >= 0.6 is 0 Å². The minimum Gasteiger partial charge on any atom is -0.478 e. The van der Waals surface area contributed by atoms with Gasteiger partial charge in [-0.1, -0.05) is 76.3 Å². The third-order valence-corrected chi connectivity index (χ3v) is 9.52. The Balaban J connectivity index is 1.53. The number of nitrogens with two attached hydrogens (primary N) is 1. The van der Waals surface area contributed by atoms with Crippen LogP contribution in [0.4, 0.5) is 5.69 Å². The first-order valence-corrected chi connectivity index (χ1v) is 18.5. The van der Waals surface area contributed by atoms with Crippen LogP contribution in [0.2, 0.25) is 0 Å². The van der Waals surface area contributed by atoms with Crippen molar-refractivity contribution in [1.82, 2.24) is 41.9 Å². The van der Waals surface area contributed by atoms with E-state index in [0.29, 0.717) is 5.56 Å². The number of tetrazole rings is 1. The number of carboxylic acids is 2. The second-order valence-electron chi connectivity index (χ2n) is 14.2. The minimum absolute atomic E-state index is 0.0488. The average Bonchev–Trinajstić information content (AvgIpc) is 3.74.